The zero-order chi connectivity index (χ0) is 19.8. The molecule has 0 aromatic carbocycles. The fourth-order valence-electron chi connectivity index (χ4n) is 2.58. The van der Waals surface area contributed by atoms with E-state index < -0.39 is 40.5 Å². The number of nitrogens with two attached hydrogens (primary N) is 1. The largest absolute Gasteiger partial charge is 0.488 e. The molecule has 0 saturated carbocycles. The van der Waals surface area contributed by atoms with Crippen LogP contribution in [0.4, 0.5) is 13.2 Å². The number of aromatic nitrogens is 1. The van der Waals surface area contributed by atoms with Gasteiger partial charge in [-0.15, -0.1) is 0 Å². The van der Waals surface area contributed by atoms with Crippen molar-refractivity contribution in [2.45, 2.75) is 44.0 Å². The van der Waals surface area contributed by atoms with Crippen LogP contribution in [-0.4, -0.2) is 39.4 Å². The molecule has 3 atom stereocenters. The molecule has 4 N–H and O–H groups in total. The number of hydrogen-bond donors (Lipinski definition) is 3. The standard InChI is InChI=1S/C15H21ClF3N3O3S/c1-3-4-5-26(24)22-13(2)8-25-11-9(13)6-10(21-12(11)16)14(23,7-20)15(17,18)19/h6,22-23H,3-5,7-8,20H2,1-2H3. The third kappa shape index (κ3) is 3.84. The van der Waals surface area contributed by atoms with E-state index >= 15 is 0 Å². The van der Waals surface area contributed by atoms with Crippen LogP contribution >= 0.6 is 11.6 Å². The van der Waals surface area contributed by atoms with Crippen LogP contribution < -0.4 is 15.2 Å². The Morgan fingerprint density at radius 2 is 2.19 bits per heavy atom. The van der Waals surface area contributed by atoms with Gasteiger partial charge < -0.3 is 15.6 Å². The minimum atomic E-state index is -5.04. The highest BCUT2D eigenvalue weighted by Crippen LogP contribution is 2.45. The number of alkyl halides is 3. The maximum Gasteiger partial charge on any atom is 0.424 e. The van der Waals surface area contributed by atoms with Crippen LogP contribution in [-0.2, 0) is 22.1 Å². The first-order valence-electron chi connectivity index (χ1n) is 7.98. The van der Waals surface area contributed by atoms with E-state index in [9.17, 15) is 22.5 Å². The van der Waals surface area contributed by atoms with Crippen LogP contribution in [0.25, 0.3) is 0 Å². The Morgan fingerprint density at radius 1 is 1.54 bits per heavy atom. The van der Waals surface area contributed by atoms with Crippen molar-refractivity contribution in [1.29, 1.82) is 0 Å². The van der Waals surface area contributed by atoms with Gasteiger partial charge in [0.2, 0.25) is 5.60 Å². The molecule has 0 spiro atoms. The van der Waals surface area contributed by atoms with Gasteiger partial charge in [0, 0.05) is 17.9 Å². The van der Waals surface area contributed by atoms with Gasteiger partial charge in [-0.2, -0.15) is 13.2 Å². The van der Waals surface area contributed by atoms with Gasteiger partial charge in [-0.25, -0.2) is 13.9 Å². The average Bonchev–Trinajstić information content (AvgIpc) is 2.88. The summed E-state index contributed by atoms with van der Waals surface area (Å²) in [4.78, 5) is 3.64. The van der Waals surface area contributed by atoms with E-state index in [2.05, 4.69) is 9.71 Å². The average molecular weight is 416 g/mol. The van der Waals surface area contributed by atoms with Gasteiger partial charge >= 0.3 is 6.18 Å². The normalized spacial score (nSPS) is 23.2. The van der Waals surface area contributed by atoms with Gasteiger partial charge in [0.1, 0.15) is 6.61 Å². The van der Waals surface area contributed by atoms with Crippen molar-refractivity contribution < 1.29 is 27.2 Å². The predicted octanol–water partition coefficient (Wildman–Crippen LogP) is 2.10. The highest BCUT2D eigenvalue weighted by atomic mass is 35.5. The van der Waals surface area contributed by atoms with Gasteiger partial charge in [-0.05, 0) is 19.4 Å². The SMILES string of the molecule is CCCCS(=O)NC1(C)COc2c1cc(C(O)(CN)C(F)(F)F)nc2Cl. The number of rotatable bonds is 7. The minimum Gasteiger partial charge on any atom is -0.488 e. The van der Waals surface area contributed by atoms with Crippen LogP contribution in [0.5, 0.6) is 5.75 Å². The number of pyridine rings is 1. The molecule has 0 bridgehead atoms. The molecule has 2 rings (SSSR count). The molecule has 26 heavy (non-hydrogen) atoms. The Labute approximate surface area is 156 Å². The topological polar surface area (TPSA) is 97.5 Å². The van der Waals surface area contributed by atoms with Crippen molar-refractivity contribution in [1.82, 2.24) is 9.71 Å². The van der Waals surface area contributed by atoms with E-state index in [0.717, 1.165) is 18.9 Å². The lowest BCUT2D eigenvalue weighted by Crippen LogP contribution is -2.49. The number of halogens is 4. The molecule has 0 aliphatic carbocycles. The van der Waals surface area contributed by atoms with Crippen LogP contribution in [0.2, 0.25) is 5.15 Å². The fraction of sp³-hybridized carbons (Fsp3) is 0.667. The van der Waals surface area contributed by atoms with Gasteiger partial charge in [-0.3, -0.25) is 0 Å². The monoisotopic (exact) mass is 415 g/mol. The van der Waals surface area contributed by atoms with Crippen molar-refractivity contribution >= 4 is 22.6 Å². The molecular formula is C15H21ClF3N3O3S. The second-order valence-corrected chi connectivity index (χ2v) is 8.02. The zero-order valence-corrected chi connectivity index (χ0v) is 15.9. The highest BCUT2D eigenvalue weighted by Gasteiger charge is 2.56. The Morgan fingerprint density at radius 3 is 2.73 bits per heavy atom. The molecule has 0 radical (unpaired) electrons. The molecule has 2 heterocycles. The number of ether oxygens (including phenoxy) is 1. The lowest BCUT2D eigenvalue weighted by Gasteiger charge is -2.30. The predicted molar refractivity (Wildman–Crippen MR) is 92.2 cm³/mol. The number of nitrogens with zero attached hydrogens (tertiary/aromatic N) is 1. The number of aliphatic hydroxyl groups is 1. The first-order chi connectivity index (χ1) is 12.0. The summed E-state index contributed by atoms with van der Waals surface area (Å²) >= 11 is 5.98. The van der Waals surface area contributed by atoms with Crippen LogP contribution in [0.3, 0.4) is 0 Å². The molecule has 1 aromatic rings. The van der Waals surface area contributed by atoms with Gasteiger partial charge in [0.15, 0.2) is 10.9 Å². The van der Waals surface area contributed by atoms with Crippen molar-refractivity contribution in [2.75, 3.05) is 18.9 Å². The van der Waals surface area contributed by atoms with E-state index in [4.69, 9.17) is 22.1 Å². The molecule has 1 aliphatic rings. The van der Waals surface area contributed by atoms with Crippen molar-refractivity contribution in [2.24, 2.45) is 5.73 Å². The quantitative estimate of drug-likeness (QED) is 0.592. The summed E-state index contributed by atoms with van der Waals surface area (Å²) in [5.41, 5.74) is 0.295. The maximum absolute atomic E-state index is 13.3. The highest BCUT2D eigenvalue weighted by molar-refractivity contribution is 7.83. The fourth-order valence-corrected chi connectivity index (χ4v) is 4.15. The summed E-state index contributed by atoms with van der Waals surface area (Å²) in [5, 5.41) is 9.74. The summed E-state index contributed by atoms with van der Waals surface area (Å²) < 4.78 is 60.5. The summed E-state index contributed by atoms with van der Waals surface area (Å²) in [6, 6.07) is 1.05. The first kappa shape index (κ1) is 21.4. The Bertz CT molecular complexity index is 707. The number of hydrogen-bond acceptors (Lipinski definition) is 5. The van der Waals surface area contributed by atoms with Crippen LogP contribution in [0.15, 0.2) is 6.07 Å². The Balaban J connectivity index is 2.46. The number of fused-ring (bicyclic) bond motifs is 1. The van der Waals surface area contributed by atoms with Gasteiger partial charge in [0.05, 0.1) is 22.2 Å². The summed E-state index contributed by atoms with van der Waals surface area (Å²) in [6.45, 7) is 2.48. The van der Waals surface area contributed by atoms with Crippen molar-refractivity contribution in [3.63, 3.8) is 0 Å². The van der Waals surface area contributed by atoms with E-state index in [1.54, 1.807) is 6.92 Å². The Hall–Kier alpha value is -0.940. The van der Waals surface area contributed by atoms with E-state index in [1.165, 1.54) is 0 Å². The molecule has 11 heteroatoms. The lowest BCUT2D eigenvalue weighted by molar-refractivity contribution is -0.263. The van der Waals surface area contributed by atoms with Gasteiger partial charge in [-0.1, -0.05) is 24.9 Å². The number of nitrogens with one attached hydrogen (secondary N) is 1. The van der Waals surface area contributed by atoms with E-state index in [1.807, 2.05) is 6.92 Å². The smallest absolute Gasteiger partial charge is 0.424 e. The van der Waals surface area contributed by atoms with Crippen molar-refractivity contribution in [3.05, 3.63) is 22.5 Å². The molecule has 0 fully saturated rings. The second kappa shape index (κ2) is 7.59. The third-order valence-electron chi connectivity index (χ3n) is 4.24. The van der Waals surface area contributed by atoms with Crippen LogP contribution in [0, 0.1) is 0 Å². The summed E-state index contributed by atoms with van der Waals surface area (Å²) in [7, 11) is -1.41. The molecule has 3 unspecified atom stereocenters. The second-order valence-electron chi connectivity index (χ2n) is 6.36. The summed E-state index contributed by atoms with van der Waals surface area (Å²) in [6.07, 6.45) is -3.46. The molecule has 1 aliphatic heterocycles. The van der Waals surface area contributed by atoms with Gasteiger partial charge in [0.25, 0.3) is 0 Å². The molecule has 0 saturated heterocycles. The Kier molecular flexibility index (Phi) is 6.23. The molecule has 1 aromatic heterocycles. The minimum absolute atomic E-state index is 0.0120. The summed E-state index contributed by atoms with van der Waals surface area (Å²) in [5.74, 6) is 0.488. The maximum atomic E-state index is 13.3. The van der Waals surface area contributed by atoms with Crippen LogP contribution in [0.1, 0.15) is 37.9 Å². The van der Waals surface area contributed by atoms with E-state index in [-0.39, 0.29) is 23.1 Å². The zero-order valence-electron chi connectivity index (χ0n) is 14.3. The van der Waals surface area contributed by atoms with Crippen molar-refractivity contribution in [3.8, 4) is 5.75 Å². The molecule has 148 valence electrons. The molecule has 0 amide bonds. The molecular weight excluding hydrogens is 395 g/mol. The number of unbranched alkanes of at least 4 members (excludes halogenated alkanes) is 1. The van der Waals surface area contributed by atoms with E-state index in [0.29, 0.717) is 5.75 Å². The third-order valence-corrected chi connectivity index (χ3v) is 5.84. The lowest BCUT2D eigenvalue weighted by atomic mass is 9.91. The molecule has 6 nitrogen and oxygen atoms in total. The first-order valence-corrected chi connectivity index (χ1v) is 9.68.